The minimum atomic E-state index is -0.140. The monoisotopic (exact) mass is 465 g/mol. The Labute approximate surface area is 195 Å². The molecule has 0 radical (unpaired) electrons. The molecule has 10 heteroatoms. The predicted octanol–water partition coefficient (Wildman–Crippen LogP) is 3.31. The molecule has 4 rings (SSSR count). The predicted molar refractivity (Wildman–Crippen MR) is 124 cm³/mol. The van der Waals surface area contributed by atoms with Gasteiger partial charge in [0.25, 0.3) is 5.91 Å². The second-order valence-electron chi connectivity index (χ2n) is 7.20. The summed E-state index contributed by atoms with van der Waals surface area (Å²) in [5.41, 5.74) is 1.64. The topological polar surface area (TPSA) is 105 Å². The van der Waals surface area contributed by atoms with Gasteiger partial charge in [0.05, 0.1) is 26.2 Å². The maximum Gasteiger partial charge on any atom is 0.289 e. The fourth-order valence-electron chi connectivity index (χ4n) is 3.72. The zero-order chi connectivity index (χ0) is 23.4. The number of aromatic nitrogens is 2. The Morgan fingerprint density at radius 1 is 1.12 bits per heavy atom. The number of rotatable bonds is 6. The third-order valence-corrected chi connectivity index (χ3v) is 5.97. The molecule has 1 aliphatic heterocycles. The van der Waals surface area contributed by atoms with Crippen LogP contribution in [0.1, 0.15) is 16.1 Å². The van der Waals surface area contributed by atoms with E-state index in [0.29, 0.717) is 65.7 Å². The molecule has 0 N–H and O–H groups in total. The molecule has 1 aliphatic rings. The lowest BCUT2D eigenvalue weighted by Gasteiger charge is -2.35. The average Bonchev–Trinajstić information content (AvgIpc) is 3.42. The smallest absolute Gasteiger partial charge is 0.289 e. The molecule has 1 fully saturated rings. The zero-order valence-electron chi connectivity index (χ0n) is 18.6. The van der Waals surface area contributed by atoms with Gasteiger partial charge in [-0.2, -0.15) is 5.26 Å². The van der Waals surface area contributed by atoms with E-state index in [0.717, 1.165) is 5.56 Å². The van der Waals surface area contributed by atoms with Crippen LogP contribution in [0.25, 0.3) is 11.3 Å². The van der Waals surface area contributed by atoms with Crippen molar-refractivity contribution in [1.82, 2.24) is 14.9 Å². The number of benzene rings is 1. The van der Waals surface area contributed by atoms with Gasteiger partial charge >= 0.3 is 0 Å². The minimum absolute atomic E-state index is 0.140. The van der Waals surface area contributed by atoms with Crippen LogP contribution in [0.5, 0.6) is 11.5 Å². The lowest BCUT2D eigenvalue weighted by atomic mass is 10.1. The Morgan fingerprint density at radius 3 is 2.48 bits per heavy atom. The number of hydrogen-bond acceptors (Lipinski definition) is 9. The van der Waals surface area contributed by atoms with Crippen molar-refractivity contribution in [3.05, 3.63) is 47.9 Å². The van der Waals surface area contributed by atoms with Crippen LogP contribution in [-0.2, 0) is 0 Å². The van der Waals surface area contributed by atoms with E-state index in [9.17, 15) is 10.1 Å². The van der Waals surface area contributed by atoms with Crippen molar-refractivity contribution in [2.75, 3.05) is 51.6 Å². The summed E-state index contributed by atoms with van der Waals surface area (Å²) in [4.78, 5) is 25.6. The molecule has 0 unspecified atom stereocenters. The van der Waals surface area contributed by atoms with Crippen molar-refractivity contribution in [1.29, 1.82) is 5.26 Å². The maximum atomic E-state index is 12.6. The molecule has 0 aliphatic carbocycles. The van der Waals surface area contributed by atoms with E-state index in [1.165, 1.54) is 18.0 Å². The standard InChI is InChI=1S/C23H23N5O4S/c1-30-17-7-6-15(13-19(17)31-2)20-16(14-24)21(26-23(25-20)33-3)27-8-10-28(11-9-27)22(29)18-5-4-12-32-18/h4-7,12-13H,8-11H2,1-3H3. The molecule has 0 bridgehead atoms. The van der Waals surface area contributed by atoms with Crippen LogP contribution in [0.4, 0.5) is 5.82 Å². The molecule has 0 atom stereocenters. The number of carbonyl (C=O) groups is 1. The van der Waals surface area contributed by atoms with E-state index >= 15 is 0 Å². The van der Waals surface area contributed by atoms with Crippen molar-refractivity contribution < 1.29 is 18.7 Å². The first-order valence-corrected chi connectivity index (χ1v) is 11.5. The molecule has 0 spiro atoms. The fraction of sp³-hybridized carbons (Fsp3) is 0.304. The molecule has 2 aromatic heterocycles. The third kappa shape index (κ3) is 4.45. The minimum Gasteiger partial charge on any atom is -0.493 e. The number of thioether (sulfide) groups is 1. The quantitative estimate of drug-likeness (QED) is 0.400. The number of carbonyl (C=O) groups excluding carboxylic acids is 1. The molecule has 0 saturated carbocycles. The van der Waals surface area contributed by atoms with Gasteiger partial charge in [-0.1, -0.05) is 11.8 Å². The second kappa shape index (κ2) is 9.83. The Bertz CT molecular complexity index is 1180. The van der Waals surface area contributed by atoms with Crippen LogP contribution in [0.2, 0.25) is 0 Å². The largest absolute Gasteiger partial charge is 0.493 e. The summed E-state index contributed by atoms with van der Waals surface area (Å²) >= 11 is 1.41. The third-order valence-electron chi connectivity index (χ3n) is 5.42. The van der Waals surface area contributed by atoms with Gasteiger partial charge in [0.1, 0.15) is 11.6 Å². The number of nitrogens with zero attached hydrogens (tertiary/aromatic N) is 5. The molecule has 1 aromatic carbocycles. The Morgan fingerprint density at radius 2 is 1.88 bits per heavy atom. The molecule has 1 amide bonds. The first-order chi connectivity index (χ1) is 16.1. The summed E-state index contributed by atoms with van der Waals surface area (Å²) < 4.78 is 16.0. The van der Waals surface area contributed by atoms with E-state index in [1.54, 1.807) is 43.4 Å². The van der Waals surface area contributed by atoms with Gasteiger partial charge in [-0.05, 0) is 36.6 Å². The molecule has 33 heavy (non-hydrogen) atoms. The van der Waals surface area contributed by atoms with Gasteiger partial charge in [-0.15, -0.1) is 0 Å². The zero-order valence-corrected chi connectivity index (χ0v) is 19.4. The summed E-state index contributed by atoms with van der Waals surface area (Å²) in [6.45, 7) is 2.07. The number of furan rings is 1. The van der Waals surface area contributed by atoms with Crippen LogP contribution in [-0.4, -0.2) is 67.4 Å². The summed E-state index contributed by atoms with van der Waals surface area (Å²) in [5.74, 6) is 1.89. The molecule has 1 saturated heterocycles. The summed E-state index contributed by atoms with van der Waals surface area (Å²) in [7, 11) is 3.14. The Kier molecular flexibility index (Phi) is 6.70. The first kappa shape index (κ1) is 22.5. The highest BCUT2D eigenvalue weighted by Crippen LogP contribution is 2.36. The highest BCUT2D eigenvalue weighted by Gasteiger charge is 2.27. The van der Waals surface area contributed by atoms with Crippen molar-refractivity contribution in [3.8, 4) is 28.8 Å². The highest BCUT2D eigenvalue weighted by molar-refractivity contribution is 7.98. The molecule has 9 nitrogen and oxygen atoms in total. The van der Waals surface area contributed by atoms with Crippen molar-refractivity contribution in [2.24, 2.45) is 0 Å². The van der Waals surface area contributed by atoms with Crippen molar-refractivity contribution in [2.45, 2.75) is 5.16 Å². The van der Waals surface area contributed by atoms with E-state index in [-0.39, 0.29) is 5.91 Å². The number of methoxy groups -OCH3 is 2. The molecular formula is C23H23N5O4S. The Balaban J connectivity index is 1.66. The Hall–Kier alpha value is -3.71. The lowest BCUT2D eigenvalue weighted by Crippen LogP contribution is -2.49. The first-order valence-electron chi connectivity index (χ1n) is 10.3. The van der Waals surface area contributed by atoms with E-state index in [2.05, 4.69) is 16.0 Å². The summed E-state index contributed by atoms with van der Waals surface area (Å²) in [6.07, 6.45) is 3.38. The van der Waals surface area contributed by atoms with Gasteiger partial charge in [-0.25, -0.2) is 9.97 Å². The number of amides is 1. The van der Waals surface area contributed by atoms with Gasteiger partial charge in [0, 0.05) is 31.7 Å². The number of nitriles is 1. The van der Waals surface area contributed by atoms with E-state index in [4.69, 9.17) is 13.9 Å². The number of ether oxygens (including phenoxy) is 2. The van der Waals surface area contributed by atoms with E-state index < -0.39 is 0 Å². The number of piperazine rings is 1. The SMILES string of the molecule is COc1ccc(-c2nc(SC)nc(N3CCN(C(=O)c4ccco4)CC3)c2C#N)cc1OC. The normalized spacial score (nSPS) is 13.5. The molecular weight excluding hydrogens is 442 g/mol. The number of anilines is 1. The van der Waals surface area contributed by atoms with Gasteiger partial charge in [0.15, 0.2) is 28.2 Å². The molecule has 3 heterocycles. The molecule has 170 valence electrons. The maximum absolute atomic E-state index is 12.6. The fourth-order valence-corrected chi connectivity index (χ4v) is 4.08. The summed E-state index contributed by atoms with van der Waals surface area (Å²) in [5, 5.41) is 10.6. The van der Waals surface area contributed by atoms with Crippen LogP contribution in [0, 0.1) is 11.3 Å². The second-order valence-corrected chi connectivity index (χ2v) is 7.97. The summed E-state index contributed by atoms with van der Waals surface area (Å²) in [6, 6.07) is 11.1. The lowest BCUT2D eigenvalue weighted by molar-refractivity contribution is 0.0714. The van der Waals surface area contributed by atoms with Crippen molar-refractivity contribution in [3.63, 3.8) is 0 Å². The van der Waals surface area contributed by atoms with Crippen LogP contribution >= 0.6 is 11.8 Å². The van der Waals surface area contributed by atoms with Crippen LogP contribution in [0.3, 0.4) is 0 Å². The average molecular weight is 466 g/mol. The van der Waals surface area contributed by atoms with Crippen molar-refractivity contribution >= 4 is 23.5 Å². The number of hydrogen-bond donors (Lipinski definition) is 0. The van der Waals surface area contributed by atoms with Crippen LogP contribution < -0.4 is 14.4 Å². The van der Waals surface area contributed by atoms with Gasteiger partial charge in [-0.3, -0.25) is 4.79 Å². The molecule has 3 aromatic rings. The van der Waals surface area contributed by atoms with Crippen LogP contribution in [0.15, 0.2) is 46.2 Å². The highest BCUT2D eigenvalue weighted by atomic mass is 32.2. The van der Waals surface area contributed by atoms with E-state index in [1.807, 2.05) is 17.2 Å². The van der Waals surface area contributed by atoms with Gasteiger partial charge < -0.3 is 23.7 Å². The van der Waals surface area contributed by atoms with Gasteiger partial charge in [0.2, 0.25) is 0 Å².